The average molecular weight is 499 g/mol. The van der Waals surface area contributed by atoms with Gasteiger partial charge in [-0.3, -0.25) is 9.52 Å². The summed E-state index contributed by atoms with van der Waals surface area (Å²) in [6.07, 6.45) is 0. The number of sulfonamides is 1. The van der Waals surface area contributed by atoms with Crippen molar-refractivity contribution in [1.29, 1.82) is 0 Å². The van der Waals surface area contributed by atoms with Crippen molar-refractivity contribution in [2.24, 2.45) is 0 Å². The molecule has 0 radical (unpaired) electrons. The van der Waals surface area contributed by atoms with Crippen molar-refractivity contribution >= 4 is 55.6 Å². The Kier molecular flexibility index (Phi) is 6.61. The lowest BCUT2D eigenvalue weighted by atomic mass is 10.0. The van der Waals surface area contributed by atoms with Crippen molar-refractivity contribution in [3.05, 3.63) is 106 Å². The smallest absolute Gasteiger partial charge is 0.262 e. The predicted molar refractivity (Wildman–Crippen MR) is 134 cm³/mol. The van der Waals surface area contributed by atoms with Crippen LogP contribution >= 0.6 is 23.2 Å². The summed E-state index contributed by atoms with van der Waals surface area (Å²) in [5.41, 5.74) is 2.92. The number of fused-ring (bicyclic) bond motifs is 1. The topological polar surface area (TPSA) is 75.3 Å². The number of aryl methyl sites for hydroxylation is 1. The Morgan fingerprint density at radius 3 is 2.24 bits per heavy atom. The lowest BCUT2D eigenvalue weighted by molar-refractivity contribution is 0.0952. The Morgan fingerprint density at radius 2 is 1.52 bits per heavy atom. The standard InChI is InChI=1S/C25H20Cl2N2O3S/c1-16-6-2-3-7-17(16)15-28-25(30)23-10-4-9-22-21(23)8-5-11-24(22)29-33(31,32)20-13-18(26)12-19(27)14-20/h2-14,29H,15H2,1H3,(H,28,30). The third kappa shape index (κ3) is 5.14. The van der Waals surface area contributed by atoms with E-state index in [9.17, 15) is 13.2 Å². The number of carbonyl (C=O) groups is 1. The molecule has 5 nitrogen and oxygen atoms in total. The van der Waals surface area contributed by atoms with Crippen LogP contribution in [0.25, 0.3) is 10.8 Å². The molecule has 0 spiro atoms. The molecule has 8 heteroatoms. The van der Waals surface area contributed by atoms with Gasteiger partial charge in [0.25, 0.3) is 15.9 Å². The quantitative estimate of drug-likeness (QED) is 0.333. The van der Waals surface area contributed by atoms with E-state index in [1.807, 2.05) is 31.2 Å². The Labute approximate surface area is 202 Å². The van der Waals surface area contributed by atoms with Crippen LogP contribution in [-0.2, 0) is 16.6 Å². The normalized spacial score (nSPS) is 11.4. The molecule has 4 rings (SSSR count). The summed E-state index contributed by atoms with van der Waals surface area (Å²) in [7, 11) is -3.95. The van der Waals surface area contributed by atoms with Gasteiger partial charge < -0.3 is 5.32 Å². The van der Waals surface area contributed by atoms with Crippen LogP contribution in [0.2, 0.25) is 10.0 Å². The summed E-state index contributed by atoms with van der Waals surface area (Å²) < 4.78 is 28.5. The van der Waals surface area contributed by atoms with Gasteiger partial charge in [0.2, 0.25) is 0 Å². The Bertz CT molecular complexity index is 1450. The Hall–Kier alpha value is -3.06. The molecule has 0 fully saturated rings. The fourth-order valence-electron chi connectivity index (χ4n) is 3.56. The number of anilines is 1. The summed E-state index contributed by atoms with van der Waals surface area (Å²) in [4.78, 5) is 12.9. The van der Waals surface area contributed by atoms with Crippen molar-refractivity contribution in [2.75, 3.05) is 4.72 Å². The first-order chi connectivity index (χ1) is 15.7. The van der Waals surface area contributed by atoms with E-state index < -0.39 is 10.0 Å². The van der Waals surface area contributed by atoms with Gasteiger partial charge in [0.1, 0.15) is 0 Å². The first-order valence-corrected chi connectivity index (χ1v) is 12.3. The third-order valence-electron chi connectivity index (χ3n) is 5.26. The SMILES string of the molecule is Cc1ccccc1CNC(=O)c1cccc2c(NS(=O)(=O)c3cc(Cl)cc(Cl)c3)cccc12. The minimum atomic E-state index is -3.95. The molecular weight excluding hydrogens is 479 g/mol. The van der Waals surface area contributed by atoms with E-state index in [-0.39, 0.29) is 20.8 Å². The molecule has 4 aromatic rings. The number of hydrogen-bond donors (Lipinski definition) is 2. The van der Waals surface area contributed by atoms with E-state index in [4.69, 9.17) is 23.2 Å². The van der Waals surface area contributed by atoms with Gasteiger partial charge in [-0.05, 0) is 53.8 Å². The summed E-state index contributed by atoms with van der Waals surface area (Å²) in [5, 5.41) is 4.60. The number of nitrogens with one attached hydrogen (secondary N) is 2. The molecular formula is C25H20Cl2N2O3S. The van der Waals surface area contributed by atoms with Crippen LogP contribution in [0.5, 0.6) is 0 Å². The van der Waals surface area contributed by atoms with Crippen LogP contribution in [-0.4, -0.2) is 14.3 Å². The largest absolute Gasteiger partial charge is 0.348 e. The van der Waals surface area contributed by atoms with Gasteiger partial charge in [0.05, 0.1) is 10.6 Å². The molecule has 2 N–H and O–H groups in total. The number of carbonyl (C=O) groups excluding carboxylic acids is 1. The summed E-state index contributed by atoms with van der Waals surface area (Å²) in [6.45, 7) is 2.38. The van der Waals surface area contributed by atoms with E-state index in [0.29, 0.717) is 28.6 Å². The molecule has 0 aromatic heterocycles. The lowest BCUT2D eigenvalue weighted by Gasteiger charge is -2.14. The molecule has 0 unspecified atom stereocenters. The maximum absolute atomic E-state index is 13.0. The molecule has 0 saturated heterocycles. The number of hydrogen-bond acceptors (Lipinski definition) is 3. The molecule has 0 aliphatic heterocycles. The van der Waals surface area contributed by atoms with Crippen LogP contribution < -0.4 is 10.0 Å². The van der Waals surface area contributed by atoms with Gasteiger partial charge in [0.15, 0.2) is 0 Å². The average Bonchev–Trinajstić information content (AvgIpc) is 2.77. The molecule has 0 bridgehead atoms. The summed E-state index contributed by atoms with van der Waals surface area (Å²) in [6, 6.07) is 22.3. The van der Waals surface area contributed by atoms with Crippen molar-refractivity contribution < 1.29 is 13.2 Å². The van der Waals surface area contributed by atoms with Gasteiger partial charge in [-0.1, -0.05) is 71.7 Å². The van der Waals surface area contributed by atoms with Gasteiger partial charge in [0, 0.05) is 27.5 Å². The van der Waals surface area contributed by atoms with Crippen molar-refractivity contribution in [3.8, 4) is 0 Å². The molecule has 0 heterocycles. The predicted octanol–water partition coefficient (Wildman–Crippen LogP) is 6.19. The second-order valence-corrected chi connectivity index (χ2v) is 10.1. The number of amides is 1. The van der Waals surface area contributed by atoms with Gasteiger partial charge >= 0.3 is 0 Å². The first-order valence-electron chi connectivity index (χ1n) is 10.1. The fourth-order valence-corrected chi connectivity index (χ4v) is 5.37. The van der Waals surface area contributed by atoms with Crippen molar-refractivity contribution in [3.63, 3.8) is 0 Å². The first kappa shape index (κ1) is 23.1. The van der Waals surface area contributed by atoms with E-state index in [2.05, 4.69) is 10.0 Å². The lowest BCUT2D eigenvalue weighted by Crippen LogP contribution is -2.23. The van der Waals surface area contributed by atoms with Crippen molar-refractivity contribution in [1.82, 2.24) is 5.32 Å². The fraction of sp³-hybridized carbons (Fsp3) is 0.0800. The van der Waals surface area contributed by atoms with Gasteiger partial charge in [-0.25, -0.2) is 8.42 Å². The maximum atomic E-state index is 13.0. The highest BCUT2D eigenvalue weighted by Crippen LogP contribution is 2.30. The molecule has 0 atom stereocenters. The minimum Gasteiger partial charge on any atom is -0.348 e. The maximum Gasteiger partial charge on any atom is 0.262 e. The third-order valence-corrected chi connectivity index (χ3v) is 7.04. The molecule has 4 aromatic carbocycles. The van der Waals surface area contributed by atoms with E-state index in [1.54, 1.807) is 36.4 Å². The molecule has 0 saturated carbocycles. The number of benzene rings is 4. The Balaban J connectivity index is 1.65. The van der Waals surface area contributed by atoms with Crippen molar-refractivity contribution in [2.45, 2.75) is 18.4 Å². The number of halogens is 2. The molecule has 168 valence electrons. The summed E-state index contributed by atoms with van der Waals surface area (Å²) in [5.74, 6) is -0.245. The van der Waals surface area contributed by atoms with Crippen LogP contribution in [0, 0.1) is 6.92 Å². The molecule has 33 heavy (non-hydrogen) atoms. The highest BCUT2D eigenvalue weighted by Gasteiger charge is 2.18. The zero-order valence-electron chi connectivity index (χ0n) is 17.6. The Morgan fingerprint density at radius 1 is 0.848 bits per heavy atom. The van der Waals surface area contributed by atoms with Crippen LogP contribution in [0.15, 0.2) is 83.8 Å². The monoisotopic (exact) mass is 498 g/mol. The van der Waals surface area contributed by atoms with Gasteiger partial charge in [-0.15, -0.1) is 0 Å². The second-order valence-electron chi connectivity index (χ2n) is 7.53. The van der Waals surface area contributed by atoms with E-state index >= 15 is 0 Å². The van der Waals surface area contributed by atoms with E-state index in [0.717, 1.165) is 11.1 Å². The molecule has 1 amide bonds. The van der Waals surface area contributed by atoms with Crippen LogP contribution in [0.1, 0.15) is 21.5 Å². The highest BCUT2D eigenvalue weighted by molar-refractivity contribution is 7.92. The van der Waals surface area contributed by atoms with Crippen LogP contribution in [0.4, 0.5) is 5.69 Å². The zero-order chi connectivity index (χ0) is 23.6. The number of rotatable bonds is 6. The van der Waals surface area contributed by atoms with Gasteiger partial charge in [-0.2, -0.15) is 0 Å². The molecule has 0 aliphatic carbocycles. The minimum absolute atomic E-state index is 0.0517. The summed E-state index contributed by atoms with van der Waals surface area (Å²) >= 11 is 11.9. The molecule has 0 aliphatic rings. The second kappa shape index (κ2) is 9.43. The highest BCUT2D eigenvalue weighted by atomic mass is 35.5. The zero-order valence-corrected chi connectivity index (χ0v) is 19.9. The van der Waals surface area contributed by atoms with Crippen LogP contribution in [0.3, 0.4) is 0 Å². The van der Waals surface area contributed by atoms with E-state index in [1.165, 1.54) is 18.2 Å².